The summed E-state index contributed by atoms with van der Waals surface area (Å²) in [6.45, 7) is 6.02. The molecular weight excluding hydrogens is 286 g/mol. The second kappa shape index (κ2) is 8.05. The second-order valence-electron chi connectivity index (χ2n) is 4.73. The van der Waals surface area contributed by atoms with Gasteiger partial charge in [0.15, 0.2) is 0 Å². The molecule has 0 spiro atoms. The van der Waals surface area contributed by atoms with Crippen molar-refractivity contribution in [1.82, 2.24) is 10.2 Å². The van der Waals surface area contributed by atoms with E-state index in [1.54, 1.807) is 6.07 Å². The van der Waals surface area contributed by atoms with E-state index in [1.807, 2.05) is 12.1 Å². The van der Waals surface area contributed by atoms with Gasteiger partial charge in [-0.1, -0.05) is 37.1 Å². The van der Waals surface area contributed by atoms with E-state index in [1.165, 1.54) is 0 Å². The molecule has 0 unspecified atom stereocenters. The zero-order valence-electron chi connectivity index (χ0n) is 11.2. The topological polar surface area (TPSA) is 15.3 Å². The Balaban J connectivity index is 0.00000180. The molecule has 1 heterocycles. The highest BCUT2D eigenvalue weighted by Gasteiger charge is 2.24. The normalized spacial score (nSPS) is 17.8. The highest BCUT2D eigenvalue weighted by molar-refractivity contribution is 6.30. The lowest BCUT2D eigenvalue weighted by molar-refractivity contribution is 0.161. The molecule has 0 radical (unpaired) electrons. The van der Waals surface area contributed by atoms with Crippen molar-refractivity contribution < 1.29 is 4.39 Å². The first-order valence-electron chi connectivity index (χ1n) is 6.62. The quantitative estimate of drug-likeness (QED) is 0.913. The molecule has 5 heteroatoms. The summed E-state index contributed by atoms with van der Waals surface area (Å²) in [5.41, 5.74) is 0.742. The molecule has 108 valence electrons. The minimum Gasteiger partial charge on any atom is -0.314 e. The molecule has 0 aliphatic carbocycles. The fourth-order valence-corrected chi connectivity index (χ4v) is 2.76. The molecule has 0 aromatic heterocycles. The van der Waals surface area contributed by atoms with E-state index in [4.69, 9.17) is 11.6 Å². The summed E-state index contributed by atoms with van der Waals surface area (Å²) in [4.78, 5) is 2.36. The van der Waals surface area contributed by atoms with E-state index in [2.05, 4.69) is 17.1 Å². The highest BCUT2D eigenvalue weighted by atomic mass is 35.5. The molecule has 0 bridgehead atoms. The van der Waals surface area contributed by atoms with Gasteiger partial charge in [0.2, 0.25) is 0 Å². The molecule has 0 saturated carbocycles. The number of piperazine rings is 1. The Morgan fingerprint density at radius 2 is 2.05 bits per heavy atom. The Morgan fingerprint density at radius 3 is 2.68 bits per heavy atom. The Labute approximate surface area is 125 Å². The Bertz CT molecular complexity index is 395. The molecule has 1 N–H and O–H groups in total. The number of nitrogens with one attached hydrogen (secondary N) is 1. The van der Waals surface area contributed by atoms with Gasteiger partial charge >= 0.3 is 0 Å². The number of rotatable bonds is 4. The van der Waals surface area contributed by atoms with Crippen molar-refractivity contribution in [2.45, 2.75) is 25.8 Å². The predicted molar refractivity (Wildman–Crippen MR) is 80.7 cm³/mol. The largest absolute Gasteiger partial charge is 0.314 e. The highest BCUT2D eigenvalue weighted by Crippen LogP contribution is 2.30. The summed E-state index contributed by atoms with van der Waals surface area (Å²) in [7, 11) is 0. The lowest BCUT2D eigenvalue weighted by Gasteiger charge is -2.35. The van der Waals surface area contributed by atoms with Crippen LogP contribution in [0.2, 0.25) is 5.02 Å². The first-order chi connectivity index (χ1) is 8.74. The Kier molecular flexibility index (Phi) is 7.08. The van der Waals surface area contributed by atoms with Crippen LogP contribution in [0, 0.1) is 5.82 Å². The van der Waals surface area contributed by atoms with Gasteiger partial charge in [-0.2, -0.15) is 0 Å². The summed E-state index contributed by atoms with van der Waals surface area (Å²) in [5, 5.41) is 3.55. The van der Waals surface area contributed by atoms with Gasteiger partial charge in [0.25, 0.3) is 0 Å². The molecule has 2 rings (SSSR count). The number of halogens is 3. The van der Waals surface area contributed by atoms with Gasteiger partial charge in [-0.25, -0.2) is 4.39 Å². The van der Waals surface area contributed by atoms with Crippen LogP contribution >= 0.6 is 24.0 Å². The fraction of sp³-hybridized carbons (Fsp3) is 0.571. The van der Waals surface area contributed by atoms with Crippen LogP contribution < -0.4 is 5.32 Å². The van der Waals surface area contributed by atoms with Crippen LogP contribution in [0.5, 0.6) is 0 Å². The van der Waals surface area contributed by atoms with E-state index in [-0.39, 0.29) is 29.3 Å². The molecule has 2 nitrogen and oxygen atoms in total. The van der Waals surface area contributed by atoms with Crippen molar-refractivity contribution in [1.29, 1.82) is 0 Å². The van der Waals surface area contributed by atoms with Crippen LogP contribution in [0.15, 0.2) is 18.2 Å². The number of benzene rings is 1. The van der Waals surface area contributed by atoms with Crippen molar-refractivity contribution in [2.75, 3.05) is 26.2 Å². The Hall–Kier alpha value is -0.350. The van der Waals surface area contributed by atoms with Crippen LogP contribution in [-0.2, 0) is 0 Å². The number of hydrogen-bond donors (Lipinski definition) is 1. The van der Waals surface area contributed by atoms with Crippen LogP contribution in [0.4, 0.5) is 4.39 Å². The fourth-order valence-electron chi connectivity index (χ4n) is 2.58. The maximum Gasteiger partial charge on any atom is 0.146 e. The van der Waals surface area contributed by atoms with Crippen molar-refractivity contribution in [3.63, 3.8) is 0 Å². The van der Waals surface area contributed by atoms with Crippen LogP contribution in [-0.4, -0.2) is 31.1 Å². The summed E-state index contributed by atoms with van der Waals surface area (Å²) in [6, 6.07) is 5.46. The standard InChI is InChI=1S/C14H20ClFN2.ClH/c1-2-4-13(18-9-7-17-8-10-18)11-5-3-6-12(15)14(11)16;/h3,5-6,13,17H,2,4,7-10H2,1H3;1H/t13-;/m0./s1. The first-order valence-corrected chi connectivity index (χ1v) is 7.00. The number of nitrogens with zero attached hydrogens (tertiary/aromatic N) is 1. The molecule has 1 aliphatic heterocycles. The van der Waals surface area contributed by atoms with E-state index in [0.29, 0.717) is 0 Å². The van der Waals surface area contributed by atoms with E-state index in [0.717, 1.165) is 44.6 Å². The van der Waals surface area contributed by atoms with Crippen LogP contribution in [0.3, 0.4) is 0 Å². The monoisotopic (exact) mass is 306 g/mol. The molecule has 1 aliphatic rings. The van der Waals surface area contributed by atoms with E-state index >= 15 is 0 Å². The summed E-state index contributed by atoms with van der Waals surface area (Å²) in [6.07, 6.45) is 2.01. The van der Waals surface area contributed by atoms with Gasteiger partial charge < -0.3 is 5.32 Å². The zero-order chi connectivity index (χ0) is 13.0. The van der Waals surface area contributed by atoms with E-state index in [9.17, 15) is 4.39 Å². The maximum absolute atomic E-state index is 14.2. The van der Waals surface area contributed by atoms with Crippen molar-refractivity contribution in [3.8, 4) is 0 Å². The predicted octanol–water partition coefficient (Wildman–Crippen LogP) is 3.65. The SMILES string of the molecule is CCC[C@@H](c1cccc(Cl)c1F)N1CCNCC1.Cl. The molecule has 1 saturated heterocycles. The third-order valence-electron chi connectivity index (χ3n) is 3.49. The van der Waals surface area contributed by atoms with Gasteiger partial charge in [-0.3, -0.25) is 4.90 Å². The van der Waals surface area contributed by atoms with Gasteiger partial charge in [-0.15, -0.1) is 12.4 Å². The molecule has 1 fully saturated rings. The lowest BCUT2D eigenvalue weighted by atomic mass is 9.99. The van der Waals surface area contributed by atoms with Crippen molar-refractivity contribution in [3.05, 3.63) is 34.6 Å². The Morgan fingerprint density at radius 1 is 1.37 bits per heavy atom. The van der Waals surface area contributed by atoms with Gasteiger partial charge in [0, 0.05) is 37.8 Å². The summed E-state index contributed by atoms with van der Waals surface area (Å²) < 4.78 is 14.2. The first kappa shape index (κ1) is 16.7. The number of hydrogen-bond acceptors (Lipinski definition) is 2. The maximum atomic E-state index is 14.2. The minimum absolute atomic E-state index is 0. The molecule has 1 aromatic carbocycles. The van der Waals surface area contributed by atoms with Crippen molar-refractivity contribution in [2.24, 2.45) is 0 Å². The molecular formula is C14H21Cl2FN2. The third kappa shape index (κ3) is 4.06. The average Bonchev–Trinajstić information content (AvgIpc) is 2.41. The molecule has 19 heavy (non-hydrogen) atoms. The van der Waals surface area contributed by atoms with E-state index < -0.39 is 0 Å². The second-order valence-corrected chi connectivity index (χ2v) is 5.14. The zero-order valence-corrected chi connectivity index (χ0v) is 12.7. The van der Waals surface area contributed by atoms with Crippen LogP contribution in [0.25, 0.3) is 0 Å². The summed E-state index contributed by atoms with van der Waals surface area (Å²) >= 11 is 5.89. The summed E-state index contributed by atoms with van der Waals surface area (Å²) in [5.74, 6) is -0.254. The third-order valence-corrected chi connectivity index (χ3v) is 3.79. The van der Waals surface area contributed by atoms with Crippen LogP contribution in [0.1, 0.15) is 31.4 Å². The van der Waals surface area contributed by atoms with Gasteiger partial charge in [-0.05, 0) is 12.5 Å². The molecule has 1 aromatic rings. The minimum atomic E-state index is -0.254. The van der Waals surface area contributed by atoms with Crippen molar-refractivity contribution >= 4 is 24.0 Å². The van der Waals surface area contributed by atoms with Gasteiger partial charge in [0.05, 0.1) is 5.02 Å². The lowest BCUT2D eigenvalue weighted by Crippen LogP contribution is -2.45. The van der Waals surface area contributed by atoms with Gasteiger partial charge in [0.1, 0.15) is 5.82 Å². The molecule has 0 amide bonds. The average molecular weight is 307 g/mol. The molecule has 1 atom stereocenters. The smallest absolute Gasteiger partial charge is 0.146 e.